The third-order valence-corrected chi connectivity index (χ3v) is 14.0. The Hall–Kier alpha value is -5.08. The van der Waals surface area contributed by atoms with Crippen LogP contribution < -0.4 is 9.80 Å². The smallest absolute Gasteiger partial charge is 0.0495 e. The Morgan fingerprint density at radius 1 is 0.623 bits per heavy atom. The van der Waals surface area contributed by atoms with Crippen LogP contribution in [0.15, 0.2) is 151 Å². The van der Waals surface area contributed by atoms with Crippen molar-refractivity contribution in [1.29, 1.82) is 0 Å². The van der Waals surface area contributed by atoms with E-state index in [1.54, 1.807) is 0 Å². The number of hydrogen-bond acceptors (Lipinski definition) is 2. The molecule has 2 nitrogen and oxygen atoms in total. The fraction of sp³-hybridized carbons (Fsp3) is 0.294. The van der Waals surface area contributed by atoms with Crippen LogP contribution in [0.4, 0.5) is 17.1 Å². The first kappa shape index (κ1) is 32.6. The SMILES string of the molecule is CC1CCC2(C)C1C=C(/C=C\Cc1c3ccccc3c(-c3ccc4c(c3)C3C(C)CCC3(C)N4c3ccccc3)c3ccccc13)N2c1ccccc1. The number of benzene rings is 6. The van der Waals surface area contributed by atoms with Crippen LogP contribution in [0.5, 0.6) is 0 Å². The van der Waals surface area contributed by atoms with Gasteiger partial charge in [0.15, 0.2) is 0 Å². The number of fused-ring (bicyclic) bond motifs is 6. The molecule has 6 unspecified atom stereocenters. The first-order valence-corrected chi connectivity index (χ1v) is 20.0. The highest BCUT2D eigenvalue weighted by Crippen LogP contribution is 2.61. The number of para-hydroxylation sites is 2. The Kier molecular flexibility index (Phi) is 7.52. The lowest BCUT2D eigenvalue weighted by atomic mass is 9.81. The van der Waals surface area contributed by atoms with Crippen molar-refractivity contribution in [2.45, 2.75) is 76.8 Å². The molecule has 2 aliphatic heterocycles. The standard InChI is InChI=1S/C51H50N2/c1-34-28-30-50(3)46(34)33-39(52(50)37-16-7-5-8-17-37)20-15-25-40-41-21-11-13-23-43(41)48(44-24-14-12-22-42(40)44)36-26-27-47-45(32-36)49-35(2)29-31-51(49,4)53(47)38-18-9-6-10-19-38/h5-24,26-27,32-35,46,49H,25,28-31H2,1-4H3/b20-15-. The molecule has 6 atom stereocenters. The van der Waals surface area contributed by atoms with Gasteiger partial charge in [-0.15, -0.1) is 0 Å². The van der Waals surface area contributed by atoms with Gasteiger partial charge < -0.3 is 9.80 Å². The lowest BCUT2D eigenvalue weighted by Crippen LogP contribution is -2.44. The van der Waals surface area contributed by atoms with E-state index in [0.29, 0.717) is 23.7 Å². The summed E-state index contributed by atoms with van der Waals surface area (Å²) < 4.78 is 0. The maximum atomic E-state index is 2.67. The summed E-state index contributed by atoms with van der Waals surface area (Å²) in [5.74, 6) is 2.41. The molecule has 0 spiro atoms. The van der Waals surface area contributed by atoms with E-state index in [2.05, 4.69) is 183 Å². The Bertz CT molecular complexity index is 2370. The summed E-state index contributed by atoms with van der Waals surface area (Å²) in [5.41, 5.74) is 11.2. The second-order valence-corrected chi connectivity index (χ2v) is 17.0. The summed E-state index contributed by atoms with van der Waals surface area (Å²) in [6, 6.07) is 47.8. The molecule has 2 fully saturated rings. The van der Waals surface area contributed by atoms with E-state index < -0.39 is 0 Å². The molecule has 0 aromatic heterocycles. The van der Waals surface area contributed by atoms with Gasteiger partial charge in [0.25, 0.3) is 0 Å². The average molecular weight is 691 g/mol. The van der Waals surface area contributed by atoms with Gasteiger partial charge >= 0.3 is 0 Å². The predicted octanol–water partition coefficient (Wildman–Crippen LogP) is 13.4. The van der Waals surface area contributed by atoms with E-state index in [4.69, 9.17) is 0 Å². The predicted molar refractivity (Wildman–Crippen MR) is 225 cm³/mol. The number of hydrogen-bond donors (Lipinski definition) is 0. The lowest BCUT2D eigenvalue weighted by molar-refractivity contribution is 0.377. The molecular formula is C51H50N2. The maximum Gasteiger partial charge on any atom is 0.0495 e. The summed E-state index contributed by atoms with van der Waals surface area (Å²) in [4.78, 5) is 5.30. The Morgan fingerprint density at radius 3 is 1.85 bits per heavy atom. The first-order valence-electron chi connectivity index (χ1n) is 20.0. The third-order valence-electron chi connectivity index (χ3n) is 14.0. The second kappa shape index (κ2) is 12.2. The molecule has 264 valence electrons. The highest BCUT2D eigenvalue weighted by atomic mass is 15.2. The molecule has 0 radical (unpaired) electrons. The van der Waals surface area contributed by atoms with Gasteiger partial charge in [0, 0.05) is 45.7 Å². The van der Waals surface area contributed by atoms with Crippen LogP contribution in [0.1, 0.15) is 70.4 Å². The molecule has 10 rings (SSSR count). The summed E-state index contributed by atoms with van der Waals surface area (Å²) >= 11 is 0. The normalized spacial score (nSPS) is 27.5. The van der Waals surface area contributed by atoms with Crippen molar-refractivity contribution >= 4 is 38.6 Å². The summed E-state index contributed by atoms with van der Waals surface area (Å²) in [6.45, 7) is 9.91. The monoisotopic (exact) mass is 690 g/mol. The molecule has 0 bridgehead atoms. The van der Waals surface area contributed by atoms with E-state index in [1.165, 1.54) is 92.2 Å². The van der Waals surface area contributed by atoms with Crippen molar-refractivity contribution in [3.8, 4) is 11.1 Å². The highest BCUT2D eigenvalue weighted by Gasteiger charge is 2.54. The fourth-order valence-electron chi connectivity index (χ4n) is 11.6. The van der Waals surface area contributed by atoms with Gasteiger partial charge in [-0.3, -0.25) is 0 Å². The van der Waals surface area contributed by atoms with Crippen molar-refractivity contribution in [3.05, 3.63) is 162 Å². The van der Waals surface area contributed by atoms with Gasteiger partial charge in [0.05, 0.1) is 0 Å². The zero-order valence-electron chi connectivity index (χ0n) is 31.6. The quantitative estimate of drug-likeness (QED) is 0.161. The van der Waals surface area contributed by atoms with Crippen LogP contribution >= 0.6 is 0 Å². The molecule has 2 heteroatoms. The van der Waals surface area contributed by atoms with Gasteiger partial charge in [0.1, 0.15) is 0 Å². The zero-order chi connectivity index (χ0) is 35.9. The number of allylic oxidation sites excluding steroid dienone is 2. The van der Waals surface area contributed by atoms with E-state index >= 15 is 0 Å². The van der Waals surface area contributed by atoms with Crippen molar-refractivity contribution in [2.24, 2.45) is 17.8 Å². The van der Waals surface area contributed by atoms with Crippen LogP contribution in [0.25, 0.3) is 32.7 Å². The lowest BCUT2D eigenvalue weighted by Gasteiger charge is -2.39. The second-order valence-electron chi connectivity index (χ2n) is 17.0. The van der Waals surface area contributed by atoms with Gasteiger partial charge in [-0.1, -0.05) is 117 Å². The molecule has 2 saturated carbocycles. The van der Waals surface area contributed by atoms with Crippen molar-refractivity contribution in [3.63, 3.8) is 0 Å². The van der Waals surface area contributed by atoms with Crippen molar-refractivity contribution in [1.82, 2.24) is 0 Å². The molecule has 53 heavy (non-hydrogen) atoms. The third kappa shape index (κ3) is 4.84. The molecule has 6 aromatic carbocycles. The molecule has 4 aliphatic rings. The fourth-order valence-corrected chi connectivity index (χ4v) is 11.6. The largest absolute Gasteiger partial charge is 0.335 e. The van der Waals surface area contributed by atoms with Crippen molar-refractivity contribution < 1.29 is 0 Å². The first-order chi connectivity index (χ1) is 25.9. The molecule has 0 amide bonds. The van der Waals surface area contributed by atoms with Crippen LogP contribution in [-0.2, 0) is 6.42 Å². The highest BCUT2D eigenvalue weighted by molar-refractivity contribution is 6.15. The van der Waals surface area contributed by atoms with E-state index in [1.807, 2.05) is 0 Å². The minimum Gasteiger partial charge on any atom is -0.335 e. The minimum absolute atomic E-state index is 0.0843. The number of anilines is 3. The molecule has 2 aliphatic carbocycles. The van der Waals surface area contributed by atoms with Crippen LogP contribution in [0.2, 0.25) is 0 Å². The van der Waals surface area contributed by atoms with E-state index in [-0.39, 0.29) is 11.1 Å². The Balaban J connectivity index is 1.08. The maximum absolute atomic E-state index is 2.67. The van der Waals surface area contributed by atoms with Gasteiger partial charge in [0.2, 0.25) is 0 Å². The Labute approximate surface area is 315 Å². The minimum atomic E-state index is 0.0843. The van der Waals surface area contributed by atoms with Crippen LogP contribution in [0.3, 0.4) is 0 Å². The average Bonchev–Trinajstić information content (AvgIpc) is 3.84. The van der Waals surface area contributed by atoms with Crippen LogP contribution in [-0.4, -0.2) is 11.1 Å². The van der Waals surface area contributed by atoms with Crippen molar-refractivity contribution in [2.75, 3.05) is 9.80 Å². The summed E-state index contributed by atoms with van der Waals surface area (Å²) in [6.07, 6.45) is 13.3. The molecule has 0 N–H and O–H groups in total. The topological polar surface area (TPSA) is 6.48 Å². The number of nitrogens with zero attached hydrogens (tertiary/aromatic N) is 2. The summed E-state index contributed by atoms with van der Waals surface area (Å²) in [5, 5.41) is 5.40. The molecule has 6 aromatic rings. The van der Waals surface area contributed by atoms with Gasteiger partial charge in [-0.2, -0.15) is 0 Å². The van der Waals surface area contributed by atoms with E-state index in [9.17, 15) is 0 Å². The van der Waals surface area contributed by atoms with E-state index in [0.717, 1.165) is 6.42 Å². The molecular weight excluding hydrogens is 641 g/mol. The molecule has 0 saturated heterocycles. The van der Waals surface area contributed by atoms with Gasteiger partial charge in [-0.25, -0.2) is 0 Å². The summed E-state index contributed by atoms with van der Waals surface area (Å²) in [7, 11) is 0. The zero-order valence-corrected chi connectivity index (χ0v) is 31.6. The number of rotatable bonds is 6. The van der Waals surface area contributed by atoms with Crippen LogP contribution in [0, 0.1) is 17.8 Å². The Morgan fingerprint density at radius 2 is 1.19 bits per heavy atom. The van der Waals surface area contributed by atoms with Gasteiger partial charge in [-0.05, 0) is 144 Å². The molecule has 2 heterocycles.